The molecular weight excluding hydrogens is 380 g/mol. The highest BCUT2D eigenvalue weighted by atomic mass is 32.2. The Labute approximate surface area is 163 Å². The fourth-order valence-electron chi connectivity index (χ4n) is 2.64. The van der Waals surface area contributed by atoms with Crippen molar-refractivity contribution in [1.29, 1.82) is 0 Å². The molecule has 0 saturated heterocycles. The molecule has 3 rings (SSSR count). The molecule has 0 unspecified atom stereocenters. The zero-order chi connectivity index (χ0) is 19.4. The summed E-state index contributed by atoms with van der Waals surface area (Å²) in [6.45, 7) is 1.52. The quantitative estimate of drug-likeness (QED) is 0.616. The maximum absolute atomic E-state index is 12.6. The predicted molar refractivity (Wildman–Crippen MR) is 111 cm³/mol. The lowest BCUT2D eigenvalue weighted by Gasteiger charge is -2.15. The summed E-state index contributed by atoms with van der Waals surface area (Å²) < 4.78 is 27.7. The van der Waals surface area contributed by atoms with E-state index in [0.717, 1.165) is 15.7 Å². The van der Waals surface area contributed by atoms with E-state index < -0.39 is 22.0 Å². The summed E-state index contributed by atoms with van der Waals surface area (Å²) in [7, 11) is -3.82. The summed E-state index contributed by atoms with van der Waals surface area (Å²) in [6, 6.07) is 18.9. The molecule has 3 aromatic rings. The maximum atomic E-state index is 12.6. The number of benzene rings is 3. The summed E-state index contributed by atoms with van der Waals surface area (Å²) in [6.07, 6.45) is 1.95. The molecule has 0 saturated carbocycles. The summed E-state index contributed by atoms with van der Waals surface area (Å²) in [5.74, 6) is -0.419. The van der Waals surface area contributed by atoms with Gasteiger partial charge in [0, 0.05) is 10.6 Å². The van der Waals surface area contributed by atoms with Crippen LogP contribution in [0.2, 0.25) is 0 Å². The van der Waals surface area contributed by atoms with Crippen molar-refractivity contribution < 1.29 is 13.2 Å². The zero-order valence-corrected chi connectivity index (χ0v) is 16.6. The third-order valence-electron chi connectivity index (χ3n) is 4.09. The number of thioether (sulfide) groups is 1. The molecule has 140 valence electrons. The van der Waals surface area contributed by atoms with Crippen molar-refractivity contribution in [2.75, 3.05) is 11.6 Å². The van der Waals surface area contributed by atoms with Gasteiger partial charge in [-0.3, -0.25) is 4.79 Å². The van der Waals surface area contributed by atoms with Crippen LogP contribution in [-0.2, 0) is 14.8 Å². The monoisotopic (exact) mass is 400 g/mol. The lowest BCUT2D eigenvalue weighted by Crippen LogP contribution is -2.41. The first-order valence-electron chi connectivity index (χ1n) is 8.35. The SMILES string of the molecule is CSc1cccc(NC(=O)[C@@H](C)NS(=O)(=O)c2ccc3ccccc3c2)c1. The number of anilines is 1. The molecule has 0 heterocycles. The molecule has 3 aromatic carbocycles. The Hall–Kier alpha value is -2.35. The summed E-state index contributed by atoms with van der Waals surface area (Å²) in [5, 5.41) is 4.52. The van der Waals surface area contributed by atoms with Crippen molar-refractivity contribution in [3.8, 4) is 0 Å². The van der Waals surface area contributed by atoms with Crippen LogP contribution >= 0.6 is 11.8 Å². The molecule has 0 radical (unpaired) electrons. The molecule has 0 aliphatic carbocycles. The zero-order valence-electron chi connectivity index (χ0n) is 15.0. The van der Waals surface area contributed by atoms with E-state index in [9.17, 15) is 13.2 Å². The molecule has 0 fully saturated rings. The Bertz CT molecular complexity index is 1080. The van der Waals surface area contributed by atoms with Gasteiger partial charge in [-0.1, -0.05) is 36.4 Å². The van der Waals surface area contributed by atoms with E-state index >= 15 is 0 Å². The highest BCUT2D eigenvalue weighted by Gasteiger charge is 2.22. The number of carbonyl (C=O) groups is 1. The molecule has 0 aromatic heterocycles. The Kier molecular flexibility index (Phi) is 5.84. The van der Waals surface area contributed by atoms with E-state index in [2.05, 4.69) is 10.0 Å². The second kappa shape index (κ2) is 8.12. The van der Waals surface area contributed by atoms with Crippen LogP contribution in [0.3, 0.4) is 0 Å². The smallest absolute Gasteiger partial charge is 0.242 e. The summed E-state index contributed by atoms with van der Waals surface area (Å²) in [5.41, 5.74) is 0.628. The van der Waals surface area contributed by atoms with E-state index in [0.29, 0.717) is 5.69 Å². The molecule has 1 atom stereocenters. The molecule has 5 nitrogen and oxygen atoms in total. The fourth-order valence-corrected chi connectivity index (χ4v) is 4.34. The standard InChI is InChI=1S/C20H20N2O3S2/c1-14(20(23)21-17-8-5-9-18(13-17)26-2)22-27(24,25)19-11-10-15-6-3-4-7-16(15)12-19/h3-14,22H,1-2H3,(H,21,23)/t14-/m1/s1. The van der Waals surface area contributed by atoms with E-state index in [-0.39, 0.29) is 4.90 Å². The first-order valence-corrected chi connectivity index (χ1v) is 11.1. The Morgan fingerprint density at radius 1 is 0.963 bits per heavy atom. The van der Waals surface area contributed by atoms with Crippen molar-refractivity contribution >= 4 is 44.2 Å². The van der Waals surface area contributed by atoms with Crippen LogP contribution in [0.1, 0.15) is 6.92 Å². The van der Waals surface area contributed by atoms with Crippen LogP contribution in [0.5, 0.6) is 0 Å². The van der Waals surface area contributed by atoms with Gasteiger partial charge in [0.05, 0.1) is 10.9 Å². The number of sulfonamides is 1. The van der Waals surface area contributed by atoms with Gasteiger partial charge in [-0.25, -0.2) is 8.42 Å². The topological polar surface area (TPSA) is 75.3 Å². The third-order valence-corrected chi connectivity index (χ3v) is 6.36. The number of hydrogen-bond acceptors (Lipinski definition) is 4. The van der Waals surface area contributed by atoms with Crippen LogP contribution in [0, 0.1) is 0 Å². The van der Waals surface area contributed by atoms with Gasteiger partial charge < -0.3 is 5.32 Å². The largest absolute Gasteiger partial charge is 0.325 e. The molecular formula is C20H20N2O3S2. The minimum atomic E-state index is -3.82. The van der Waals surface area contributed by atoms with Gasteiger partial charge in [-0.2, -0.15) is 4.72 Å². The average molecular weight is 401 g/mol. The molecule has 1 amide bonds. The molecule has 0 aliphatic heterocycles. The first-order chi connectivity index (χ1) is 12.9. The highest BCUT2D eigenvalue weighted by Crippen LogP contribution is 2.20. The second-order valence-electron chi connectivity index (χ2n) is 6.07. The van der Waals surface area contributed by atoms with Gasteiger partial charge in [-0.15, -0.1) is 11.8 Å². The van der Waals surface area contributed by atoms with Crippen molar-refractivity contribution in [2.45, 2.75) is 22.8 Å². The lowest BCUT2D eigenvalue weighted by atomic mass is 10.1. The fraction of sp³-hybridized carbons (Fsp3) is 0.150. The van der Waals surface area contributed by atoms with Gasteiger partial charge in [-0.05, 0) is 54.3 Å². The van der Waals surface area contributed by atoms with Gasteiger partial charge in [0.25, 0.3) is 0 Å². The number of nitrogens with one attached hydrogen (secondary N) is 2. The molecule has 0 spiro atoms. The number of fused-ring (bicyclic) bond motifs is 1. The Morgan fingerprint density at radius 2 is 1.70 bits per heavy atom. The van der Waals surface area contributed by atoms with Crippen molar-refractivity contribution in [3.05, 3.63) is 66.7 Å². The third kappa shape index (κ3) is 4.68. The van der Waals surface area contributed by atoms with Crippen LogP contribution < -0.4 is 10.0 Å². The minimum absolute atomic E-state index is 0.130. The number of amides is 1. The maximum Gasteiger partial charge on any atom is 0.242 e. The Balaban J connectivity index is 1.74. The molecule has 2 N–H and O–H groups in total. The minimum Gasteiger partial charge on any atom is -0.325 e. The van der Waals surface area contributed by atoms with Crippen molar-refractivity contribution in [3.63, 3.8) is 0 Å². The van der Waals surface area contributed by atoms with Crippen LogP contribution in [0.15, 0.2) is 76.5 Å². The van der Waals surface area contributed by atoms with E-state index in [4.69, 9.17) is 0 Å². The van der Waals surface area contributed by atoms with E-state index in [1.165, 1.54) is 13.0 Å². The van der Waals surface area contributed by atoms with E-state index in [1.54, 1.807) is 30.0 Å². The molecule has 27 heavy (non-hydrogen) atoms. The number of hydrogen-bond donors (Lipinski definition) is 2. The van der Waals surface area contributed by atoms with Crippen molar-refractivity contribution in [1.82, 2.24) is 4.72 Å². The Morgan fingerprint density at radius 3 is 2.44 bits per heavy atom. The van der Waals surface area contributed by atoms with Crippen molar-refractivity contribution in [2.24, 2.45) is 0 Å². The van der Waals surface area contributed by atoms with Gasteiger partial charge in [0.1, 0.15) is 0 Å². The molecule has 0 bridgehead atoms. The summed E-state index contributed by atoms with van der Waals surface area (Å²) >= 11 is 1.56. The van der Waals surface area contributed by atoms with Gasteiger partial charge in [0.15, 0.2) is 0 Å². The second-order valence-corrected chi connectivity index (χ2v) is 8.67. The number of rotatable bonds is 6. The molecule has 0 aliphatic rings. The van der Waals surface area contributed by atoms with Crippen LogP contribution in [0.4, 0.5) is 5.69 Å². The molecule has 7 heteroatoms. The highest BCUT2D eigenvalue weighted by molar-refractivity contribution is 7.98. The normalized spacial score (nSPS) is 12.7. The van der Waals surface area contributed by atoms with Gasteiger partial charge in [0.2, 0.25) is 15.9 Å². The van der Waals surface area contributed by atoms with Gasteiger partial charge >= 0.3 is 0 Å². The van der Waals surface area contributed by atoms with E-state index in [1.807, 2.05) is 48.7 Å². The summed E-state index contributed by atoms with van der Waals surface area (Å²) in [4.78, 5) is 13.5. The van der Waals surface area contributed by atoms with Crippen LogP contribution in [-0.4, -0.2) is 26.6 Å². The lowest BCUT2D eigenvalue weighted by molar-refractivity contribution is -0.117. The number of carbonyl (C=O) groups excluding carboxylic acids is 1. The predicted octanol–water partition coefficient (Wildman–Crippen LogP) is 3.87. The first kappa shape index (κ1) is 19.4. The average Bonchev–Trinajstić information content (AvgIpc) is 2.67. The van der Waals surface area contributed by atoms with Crippen LogP contribution in [0.25, 0.3) is 10.8 Å².